The highest BCUT2D eigenvalue weighted by Crippen LogP contribution is 2.25. The lowest BCUT2D eigenvalue weighted by molar-refractivity contribution is -0.384. The fraction of sp³-hybridized carbons (Fsp3) is 0.100. The number of hydrogen-bond donors (Lipinski definition) is 1. The summed E-state index contributed by atoms with van der Waals surface area (Å²) >= 11 is 12.1. The van der Waals surface area contributed by atoms with Crippen molar-refractivity contribution in [3.8, 4) is 5.75 Å². The number of ether oxygens (including phenoxy) is 1. The van der Waals surface area contributed by atoms with E-state index in [2.05, 4.69) is 5.32 Å². The van der Waals surface area contributed by atoms with Crippen LogP contribution in [0.4, 0.5) is 11.4 Å². The van der Waals surface area contributed by atoms with Gasteiger partial charge in [-0.25, -0.2) is 0 Å². The van der Waals surface area contributed by atoms with Crippen LogP contribution >= 0.6 is 23.2 Å². The van der Waals surface area contributed by atoms with E-state index in [0.717, 1.165) is 22.6 Å². The number of benzene rings is 3. The Morgan fingerprint density at radius 3 is 2.41 bits per heavy atom. The molecule has 0 spiro atoms. The van der Waals surface area contributed by atoms with E-state index in [1.54, 1.807) is 24.3 Å². The lowest BCUT2D eigenvalue weighted by atomic mass is 10.2. The van der Waals surface area contributed by atoms with Crippen LogP contribution < -0.4 is 10.1 Å². The Kier molecular flexibility index (Phi) is 6.16. The minimum Gasteiger partial charge on any atom is -0.488 e. The van der Waals surface area contributed by atoms with Gasteiger partial charge in [-0.2, -0.15) is 0 Å². The highest BCUT2D eigenvalue weighted by molar-refractivity contribution is 6.35. The summed E-state index contributed by atoms with van der Waals surface area (Å²) in [6, 6.07) is 19.2. The fourth-order valence-corrected chi connectivity index (χ4v) is 2.95. The van der Waals surface area contributed by atoms with Gasteiger partial charge in [0, 0.05) is 45.5 Å². The average Bonchev–Trinajstić information content (AvgIpc) is 2.66. The monoisotopic (exact) mass is 402 g/mol. The van der Waals surface area contributed by atoms with Gasteiger partial charge in [0.05, 0.1) is 4.92 Å². The van der Waals surface area contributed by atoms with Crippen molar-refractivity contribution >= 4 is 34.6 Å². The Labute approximate surface area is 166 Å². The number of nitro groups is 1. The Bertz CT molecular complexity index is 946. The summed E-state index contributed by atoms with van der Waals surface area (Å²) in [5.74, 6) is 0.734. The zero-order valence-electron chi connectivity index (χ0n) is 14.2. The second-order valence-corrected chi connectivity index (χ2v) is 6.63. The van der Waals surface area contributed by atoms with Crippen LogP contribution in [-0.4, -0.2) is 4.92 Å². The lowest BCUT2D eigenvalue weighted by Gasteiger charge is -2.13. The highest BCUT2D eigenvalue weighted by Gasteiger charge is 2.07. The second kappa shape index (κ2) is 8.75. The van der Waals surface area contributed by atoms with Crippen molar-refractivity contribution in [2.45, 2.75) is 13.2 Å². The maximum atomic E-state index is 10.7. The number of halogens is 2. The van der Waals surface area contributed by atoms with Crippen molar-refractivity contribution in [2.75, 3.05) is 5.32 Å². The van der Waals surface area contributed by atoms with E-state index in [1.807, 2.05) is 30.3 Å². The number of nitrogens with one attached hydrogen (secondary N) is 1. The molecule has 27 heavy (non-hydrogen) atoms. The smallest absolute Gasteiger partial charge is 0.269 e. The van der Waals surface area contributed by atoms with Crippen molar-refractivity contribution in [3.05, 3.63) is 98.0 Å². The molecule has 0 heterocycles. The molecule has 3 aromatic carbocycles. The summed E-state index contributed by atoms with van der Waals surface area (Å²) in [4.78, 5) is 10.3. The zero-order chi connectivity index (χ0) is 19.2. The molecule has 0 radical (unpaired) electrons. The summed E-state index contributed by atoms with van der Waals surface area (Å²) in [5.41, 5.74) is 2.65. The molecule has 0 saturated heterocycles. The molecule has 7 heteroatoms. The largest absolute Gasteiger partial charge is 0.488 e. The van der Waals surface area contributed by atoms with Gasteiger partial charge in [-0.15, -0.1) is 0 Å². The van der Waals surface area contributed by atoms with Crippen LogP contribution in [0.3, 0.4) is 0 Å². The van der Waals surface area contributed by atoms with Crippen LogP contribution in [0.5, 0.6) is 5.75 Å². The minimum atomic E-state index is -0.422. The van der Waals surface area contributed by atoms with Gasteiger partial charge in [-0.05, 0) is 30.3 Å². The first-order valence-corrected chi connectivity index (χ1v) is 8.91. The third kappa shape index (κ3) is 5.12. The number of rotatable bonds is 7. The molecule has 1 N–H and O–H groups in total. The first-order valence-electron chi connectivity index (χ1n) is 8.16. The number of para-hydroxylation sites is 1. The summed E-state index contributed by atoms with van der Waals surface area (Å²) in [7, 11) is 0. The summed E-state index contributed by atoms with van der Waals surface area (Å²) in [6.45, 7) is 0.840. The molecule has 138 valence electrons. The van der Waals surface area contributed by atoms with Gasteiger partial charge in [0.1, 0.15) is 12.4 Å². The van der Waals surface area contributed by atoms with E-state index in [-0.39, 0.29) is 5.69 Å². The molecule has 0 unspecified atom stereocenters. The van der Waals surface area contributed by atoms with E-state index in [1.165, 1.54) is 12.1 Å². The normalized spacial score (nSPS) is 10.4. The standard InChI is InChI=1S/C20H16Cl2N2O3/c21-16-6-5-15(19(22)11-16)13-27-20-4-2-1-3-14(20)12-23-17-7-9-18(10-8-17)24(25)26/h1-11,23H,12-13H2. The highest BCUT2D eigenvalue weighted by atomic mass is 35.5. The van der Waals surface area contributed by atoms with Gasteiger partial charge in [0.25, 0.3) is 5.69 Å². The second-order valence-electron chi connectivity index (χ2n) is 5.79. The third-order valence-corrected chi connectivity index (χ3v) is 4.52. The first kappa shape index (κ1) is 19.0. The van der Waals surface area contributed by atoms with E-state index < -0.39 is 4.92 Å². The van der Waals surface area contributed by atoms with Gasteiger partial charge < -0.3 is 10.1 Å². The van der Waals surface area contributed by atoms with E-state index in [9.17, 15) is 10.1 Å². The van der Waals surface area contributed by atoms with Crippen LogP contribution in [-0.2, 0) is 13.2 Å². The molecular weight excluding hydrogens is 387 g/mol. The molecule has 3 aromatic rings. The number of nitrogens with zero attached hydrogens (tertiary/aromatic N) is 1. The predicted octanol–water partition coefficient (Wildman–Crippen LogP) is 6.09. The Balaban J connectivity index is 1.65. The molecule has 5 nitrogen and oxygen atoms in total. The van der Waals surface area contributed by atoms with Crippen LogP contribution in [0.1, 0.15) is 11.1 Å². The van der Waals surface area contributed by atoms with Gasteiger partial charge in [-0.1, -0.05) is 47.5 Å². The Hall–Kier alpha value is -2.76. The van der Waals surface area contributed by atoms with Crippen LogP contribution in [0.2, 0.25) is 10.0 Å². The summed E-state index contributed by atoms with van der Waals surface area (Å²) in [6.07, 6.45) is 0. The van der Waals surface area contributed by atoms with Crippen LogP contribution in [0, 0.1) is 10.1 Å². The maximum Gasteiger partial charge on any atom is 0.269 e. The Morgan fingerprint density at radius 2 is 1.70 bits per heavy atom. The maximum absolute atomic E-state index is 10.7. The molecule has 0 saturated carbocycles. The zero-order valence-corrected chi connectivity index (χ0v) is 15.7. The SMILES string of the molecule is O=[N+]([O-])c1ccc(NCc2ccccc2OCc2ccc(Cl)cc2Cl)cc1. The topological polar surface area (TPSA) is 64.4 Å². The molecule has 0 aliphatic rings. The van der Waals surface area contributed by atoms with Crippen molar-refractivity contribution in [1.29, 1.82) is 0 Å². The fourth-order valence-electron chi connectivity index (χ4n) is 2.48. The molecule has 0 fully saturated rings. The van der Waals surface area contributed by atoms with Gasteiger partial charge in [0.15, 0.2) is 0 Å². The summed E-state index contributed by atoms with van der Waals surface area (Å²) < 4.78 is 5.93. The van der Waals surface area contributed by atoms with Crippen molar-refractivity contribution in [3.63, 3.8) is 0 Å². The molecule has 3 rings (SSSR count). The Morgan fingerprint density at radius 1 is 0.963 bits per heavy atom. The van der Waals surface area contributed by atoms with Gasteiger partial charge in [-0.3, -0.25) is 10.1 Å². The van der Waals surface area contributed by atoms with Crippen molar-refractivity contribution in [1.82, 2.24) is 0 Å². The van der Waals surface area contributed by atoms with Crippen LogP contribution in [0.25, 0.3) is 0 Å². The first-order chi connectivity index (χ1) is 13.0. The molecule has 0 amide bonds. The number of non-ortho nitro benzene ring substituents is 1. The van der Waals surface area contributed by atoms with Gasteiger partial charge in [0.2, 0.25) is 0 Å². The van der Waals surface area contributed by atoms with Gasteiger partial charge >= 0.3 is 0 Å². The molecule has 0 aliphatic carbocycles. The van der Waals surface area contributed by atoms with E-state index >= 15 is 0 Å². The molecule has 0 aliphatic heterocycles. The summed E-state index contributed by atoms with van der Waals surface area (Å²) in [5, 5.41) is 15.1. The molecule has 0 atom stereocenters. The third-order valence-electron chi connectivity index (χ3n) is 3.93. The molecule has 0 aromatic heterocycles. The van der Waals surface area contributed by atoms with Crippen molar-refractivity contribution < 1.29 is 9.66 Å². The van der Waals surface area contributed by atoms with E-state index in [4.69, 9.17) is 27.9 Å². The lowest BCUT2D eigenvalue weighted by Crippen LogP contribution is -2.04. The quantitative estimate of drug-likeness (QED) is 0.383. The number of anilines is 1. The van der Waals surface area contributed by atoms with E-state index in [0.29, 0.717) is 23.2 Å². The molecule has 0 bridgehead atoms. The number of nitro benzene ring substituents is 1. The average molecular weight is 403 g/mol. The predicted molar refractivity (Wildman–Crippen MR) is 108 cm³/mol. The molecular formula is C20H16Cl2N2O3. The van der Waals surface area contributed by atoms with Crippen molar-refractivity contribution in [2.24, 2.45) is 0 Å². The minimum absolute atomic E-state index is 0.0594. The van der Waals surface area contributed by atoms with Crippen LogP contribution in [0.15, 0.2) is 66.7 Å². The number of hydrogen-bond acceptors (Lipinski definition) is 4.